The largest absolute Gasteiger partial charge is 0.507 e. The van der Waals surface area contributed by atoms with Crippen molar-refractivity contribution in [1.82, 2.24) is 4.90 Å². The lowest BCUT2D eigenvalue weighted by molar-refractivity contribution is -0.139. The Morgan fingerprint density at radius 2 is 1.81 bits per heavy atom. The third kappa shape index (κ3) is 2.94. The molecular formula is C19H16BrNO5. The summed E-state index contributed by atoms with van der Waals surface area (Å²) >= 11 is 3.32. The number of likely N-dealkylation sites (N-methyl/N-ethyl adjacent to an activating group) is 1. The number of aromatic hydroxyl groups is 1. The Labute approximate surface area is 158 Å². The van der Waals surface area contributed by atoms with Crippen LogP contribution in [0.25, 0.3) is 5.76 Å². The quantitative estimate of drug-likeness (QED) is 0.454. The molecule has 2 aromatic rings. The summed E-state index contributed by atoms with van der Waals surface area (Å²) in [6.07, 6.45) is 0. The lowest BCUT2D eigenvalue weighted by atomic mass is 9.95. The minimum absolute atomic E-state index is 0.00688. The average molecular weight is 418 g/mol. The van der Waals surface area contributed by atoms with Crippen LogP contribution in [0.1, 0.15) is 17.2 Å². The first-order valence-corrected chi connectivity index (χ1v) is 8.52. The van der Waals surface area contributed by atoms with E-state index in [0.717, 1.165) is 4.47 Å². The lowest BCUT2D eigenvalue weighted by Gasteiger charge is -2.21. The molecule has 0 aromatic heterocycles. The molecule has 1 unspecified atom stereocenters. The van der Waals surface area contributed by atoms with Crippen molar-refractivity contribution < 1.29 is 24.5 Å². The zero-order valence-corrected chi connectivity index (χ0v) is 15.6. The average Bonchev–Trinajstić information content (AvgIpc) is 2.86. The standard InChI is InChI=1S/C19H16BrNO5/c1-21-16(11-5-8-13(22)14(9-11)26-2)15(18(24)19(21)25)17(23)10-3-6-12(20)7-4-10/h3-9,16,22-23H,1-2H3/b17-15+. The number of methoxy groups -OCH3 is 1. The maximum Gasteiger partial charge on any atom is 0.295 e. The SMILES string of the molecule is COc1cc(C2/C(=C(\O)c3ccc(Br)cc3)C(=O)C(=O)N2C)ccc1O. The molecule has 1 atom stereocenters. The Balaban J connectivity index is 2.18. The van der Waals surface area contributed by atoms with Gasteiger partial charge in [0, 0.05) is 17.1 Å². The highest BCUT2D eigenvalue weighted by atomic mass is 79.9. The lowest BCUT2D eigenvalue weighted by Crippen LogP contribution is -2.24. The van der Waals surface area contributed by atoms with Crippen molar-refractivity contribution in [2.75, 3.05) is 14.2 Å². The summed E-state index contributed by atoms with van der Waals surface area (Å²) in [5.41, 5.74) is 0.961. The molecule has 0 spiro atoms. The molecule has 1 aliphatic rings. The van der Waals surface area contributed by atoms with Crippen molar-refractivity contribution in [2.45, 2.75) is 6.04 Å². The molecule has 1 fully saturated rings. The van der Waals surface area contributed by atoms with Gasteiger partial charge in [0.2, 0.25) is 0 Å². The molecule has 1 aliphatic heterocycles. The minimum Gasteiger partial charge on any atom is -0.507 e. The van der Waals surface area contributed by atoms with Crippen LogP contribution in [0.4, 0.5) is 0 Å². The van der Waals surface area contributed by atoms with E-state index >= 15 is 0 Å². The van der Waals surface area contributed by atoms with Gasteiger partial charge in [0.25, 0.3) is 11.7 Å². The Kier molecular flexibility index (Phi) is 4.73. The number of benzene rings is 2. The van der Waals surface area contributed by atoms with Crippen molar-refractivity contribution in [1.29, 1.82) is 0 Å². The van der Waals surface area contributed by atoms with Gasteiger partial charge >= 0.3 is 0 Å². The molecule has 0 bridgehead atoms. The van der Waals surface area contributed by atoms with Gasteiger partial charge < -0.3 is 19.8 Å². The molecule has 0 saturated carbocycles. The summed E-state index contributed by atoms with van der Waals surface area (Å²) in [7, 11) is 2.90. The smallest absolute Gasteiger partial charge is 0.295 e. The van der Waals surface area contributed by atoms with E-state index in [1.165, 1.54) is 31.2 Å². The Morgan fingerprint density at radius 3 is 2.42 bits per heavy atom. The molecule has 0 aliphatic carbocycles. The number of Topliss-reactive ketones (excluding diaryl/α,β-unsaturated/α-hetero) is 1. The van der Waals surface area contributed by atoms with Gasteiger partial charge in [-0.25, -0.2) is 0 Å². The van der Waals surface area contributed by atoms with E-state index in [1.807, 2.05) is 0 Å². The highest BCUT2D eigenvalue weighted by Gasteiger charge is 2.44. The number of hydrogen-bond donors (Lipinski definition) is 2. The van der Waals surface area contributed by atoms with Gasteiger partial charge in [-0.05, 0) is 29.8 Å². The van der Waals surface area contributed by atoms with Crippen LogP contribution < -0.4 is 4.74 Å². The van der Waals surface area contributed by atoms with Crippen molar-refractivity contribution in [2.24, 2.45) is 0 Å². The Hall–Kier alpha value is -2.80. The zero-order valence-electron chi connectivity index (χ0n) is 14.1. The second-order valence-corrected chi connectivity index (χ2v) is 6.76. The van der Waals surface area contributed by atoms with Crippen LogP contribution >= 0.6 is 15.9 Å². The second-order valence-electron chi connectivity index (χ2n) is 5.85. The predicted octanol–water partition coefficient (Wildman–Crippen LogP) is 3.21. The fourth-order valence-corrected chi connectivity index (χ4v) is 3.23. The van der Waals surface area contributed by atoms with Crippen LogP contribution in [0, 0.1) is 0 Å². The van der Waals surface area contributed by atoms with Crippen molar-refractivity contribution in [3.8, 4) is 11.5 Å². The number of rotatable bonds is 3. The van der Waals surface area contributed by atoms with Crippen molar-refractivity contribution in [3.05, 3.63) is 63.6 Å². The Morgan fingerprint density at radius 1 is 1.15 bits per heavy atom. The maximum absolute atomic E-state index is 12.5. The number of ether oxygens (including phenoxy) is 1. The number of aliphatic hydroxyl groups excluding tert-OH is 1. The number of carbonyl (C=O) groups is 2. The number of aliphatic hydroxyl groups is 1. The third-order valence-corrected chi connectivity index (χ3v) is 4.84. The van der Waals surface area contributed by atoms with Crippen LogP contribution in [0.5, 0.6) is 11.5 Å². The first-order valence-electron chi connectivity index (χ1n) is 7.72. The summed E-state index contributed by atoms with van der Waals surface area (Å²) in [6, 6.07) is 10.5. The molecule has 1 amide bonds. The number of phenols is 1. The van der Waals surface area contributed by atoms with Gasteiger partial charge in [0.1, 0.15) is 5.76 Å². The molecule has 0 radical (unpaired) electrons. The second kappa shape index (κ2) is 6.84. The van der Waals surface area contributed by atoms with Crippen molar-refractivity contribution >= 4 is 33.4 Å². The molecule has 1 heterocycles. The number of halogens is 1. The minimum atomic E-state index is -0.784. The number of ketones is 1. The summed E-state index contributed by atoms with van der Waals surface area (Å²) in [4.78, 5) is 26.0. The Bertz CT molecular complexity index is 920. The number of likely N-dealkylation sites (tertiary alicyclic amines) is 1. The zero-order chi connectivity index (χ0) is 19.0. The topological polar surface area (TPSA) is 87.1 Å². The monoisotopic (exact) mass is 417 g/mol. The molecule has 3 rings (SSSR count). The number of nitrogens with zero attached hydrogens (tertiary/aromatic N) is 1. The van der Waals surface area contributed by atoms with E-state index in [0.29, 0.717) is 11.1 Å². The third-order valence-electron chi connectivity index (χ3n) is 4.31. The highest BCUT2D eigenvalue weighted by Crippen LogP contribution is 2.40. The van der Waals surface area contributed by atoms with Crippen LogP contribution in [-0.4, -0.2) is 41.0 Å². The van der Waals surface area contributed by atoms with Crippen molar-refractivity contribution in [3.63, 3.8) is 0 Å². The van der Waals surface area contributed by atoms with E-state index in [9.17, 15) is 19.8 Å². The van der Waals surface area contributed by atoms with E-state index in [1.54, 1.807) is 30.3 Å². The van der Waals surface area contributed by atoms with E-state index in [2.05, 4.69) is 15.9 Å². The van der Waals surface area contributed by atoms with Gasteiger partial charge in [0.05, 0.1) is 18.7 Å². The molecule has 26 heavy (non-hydrogen) atoms. The number of hydrogen-bond acceptors (Lipinski definition) is 5. The fraction of sp³-hybridized carbons (Fsp3) is 0.158. The summed E-state index contributed by atoms with van der Waals surface area (Å²) in [6.45, 7) is 0. The van der Waals surface area contributed by atoms with Gasteiger partial charge in [-0.15, -0.1) is 0 Å². The molecular weight excluding hydrogens is 402 g/mol. The first-order chi connectivity index (χ1) is 12.3. The van der Waals surface area contributed by atoms with Gasteiger partial charge in [-0.1, -0.05) is 34.1 Å². The summed E-state index contributed by atoms with van der Waals surface area (Å²) < 4.78 is 5.93. The van der Waals surface area contributed by atoms with Crippen LogP contribution in [0.2, 0.25) is 0 Å². The normalized spacial score (nSPS) is 19.0. The van der Waals surface area contributed by atoms with E-state index in [-0.39, 0.29) is 22.8 Å². The van der Waals surface area contributed by atoms with E-state index < -0.39 is 17.7 Å². The maximum atomic E-state index is 12.5. The summed E-state index contributed by atoms with van der Waals surface area (Å²) in [5.74, 6) is -1.56. The molecule has 7 heteroatoms. The number of amides is 1. The number of carbonyl (C=O) groups excluding carboxylic acids is 2. The molecule has 1 saturated heterocycles. The van der Waals surface area contributed by atoms with E-state index in [4.69, 9.17) is 4.74 Å². The summed E-state index contributed by atoms with van der Waals surface area (Å²) in [5, 5.41) is 20.5. The van der Waals surface area contributed by atoms with Crippen LogP contribution in [0.3, 0.4) is 0 Å². The highest BCUT2D eigenvalue weighted by molar-refractivity contribution is 9.10. The van der Waals surface area contributed by atoms with Crippen LogP contribution in [-0.2, 0) is 9.59 Å². The predicted molar refractivity (Wildman–Crippen MR) is 98.9 cm³/mol. The van der Waals surface area contributed by atoms with Gasteiger partial charge in [0.15, 0.2) is 11.5 Å². The molecule has 2 N–H and O–H groups in total. The van der Waals surface area contributed by atoms with Crippen LogP contribution in [0.15, 0.2) is 52.5 Å². The number of phenolic OH excluding ortho intramolecular Hbond substituents is 1. The molecule has 134 valence electrons. The first kappa shape index (κ1) is 18.0. The van der Waals surface area contributed by atoms with Gasteiger partial charge in [-0.2, -0.15) is 0 Å². The van der Waals surface area contributed by atoms with Gasteiger partial charge in [-0.3, -0.25) is 9.59 Å². The molecule has 2 aromatic carbocycles. The fourth-order valence-electron chi connectivity index (χ4n) is 2.97. The molecule has 6 nitrogen and oxygen atoms in total.